The quantitative estimate of drug-likeness (QED) is 0.644. The summed E-state index contributed by atoms with van der Waals surface area (Å²) in [6.45, 7) is 0.164. The molecule has 8 heteroatoms. The molecule has 0 spiro atoms. The highest BCUT2D eigenvalue weighted by Crippen LogP contribution is 2.29. The molecule has 1 atom stereocenters. The molecule has 7 nitrogen and oxygen atoms in total. The highest BCUT2D eigenvalue weighted by Gasteiger charge is 2.30. The second kappa shape index (κ2) is 8.75. The summed E-state index contributed by atoms with van der Waals surface area (Å²) in [6, 6.07) is 13.2. The van der Waals surface area contributed by atoms with Crippen LogP contribution in [0.4, 0.5) is 0 Å². The van der Waals surface area contributed by atoms with Crippen molar-refractivity contribution in [2.75, 3.05) is 14.2 Å². The van der Waals surface area contributed by atoms with Gasteiger partial charge in [-0.05, 0) is 36.6 Å². The van der Waals surface area contributed by atoms with E-state index in [1.165, 1.54) is 36.7 Å². The number of methoxy groups -OCH3 is 1. The molecule has 0 amide bonds. The molecule has 0 unspecified atom stereocenters. The zero-order valence-electron chi connectivity index (χ0n) is 16.3. The molecule has 0 bridgehead atoms. The molecule has 1 fully saturated rings. The van der Waals surface area contributed by atoms with Crippen LogP contribution in [0.15, 0.2) is 53.4 Å². The number of benzene rings is 2. The van der Waals surface area contributed by atoms with E-state index >= 15 is 0 Å². The van der Waals surface area contributed by atoms with Crippen molar-refractivity contribution in [1.29, 1.82) is 0 Å². The molecular weight excluding hydrogens is 394 g/mol. The van der Waals surface area contributed by atoms with Crippen molar-refractivity contribution >= 4 is 21.8 Å². The number of ketones is 1. The van der Waals surface area contributed by atoms with Crippen molar-refractivity contribution in [3.05, 3.63) is 59.7 Å². The van der Waals surface area contributed by atoms with E-state index in [4.69, 9.17) is 9.47 Å². The number of hydrogen-bond acceptors (Lipinski definition) is 6. The van der Waals surface area contributed by atoms with Gasteiger partial charge < -0.3 is 9.47 Å². The van der Waals surface area contributed by atoms with Crippen molar-refractivity contribution in [3.63, 3.8) is 0 Å². The first-order chi connectivity index (χ1) is 13.8. The van der Waals surface area contributed by atoms with Crippen LogP contribution in [0, 0.1) is 0 Å². The normalized spacial score (nSPS) is 16.8. The third-order valence-electron chi connectivity index (χ3n) is 4.83. The Bertz CT molecular complexity index is 1000. The number of ether oxygens (including phenoxy) is 2. The maximum Gasteiger partial charge on any atom is 0.338 e. The van der Waals surface area contributed by atoms with Crippen LogP contribution < -0.4 is 4.74 Å². The van der Waals surface area contributed by atoms with E-state index in [2.05, 4.69) is 0 Å². The zero-order chi connectivity index (χ0) is 21.0. The number of sulfonamides is 1. The number of hydrogen-bond donors (Lipinski definition) is 0. The minimum Gasteiger partial charge on any atom is -0.495 e. The second-order valence-electron chi connectivity index (χ2n) is 6.86. The second-order valence-corrected chi connectivity index (χ2v) is 8.88. The molecule has 2 aromatic carbocycles. The summed E-state index contributed by atoms with van der Waals surface area (Å²) < 4.78 is 37.9. The molecule has 0 heterocycles. The van der Waals surface area contributed by atoms with E-state index in [0.29, 0.717) is 19.3 Å². The smallest absolute Gasteiger partial charge is 0.338 e. The molecule has 0 radical (unpaired) electrons. The number of Topliss-reactive ketones (excluding diaryl/α,β-unsaturated/α-hetero) is 1. The fourth-order valence-corrected chi connectivity index (χ4v) is 4.54. The molecule has 0 aliphatic heterocycles. The number of carbonyl (C=O) groups is 2. The number of esters is 1. The fourth-order valence-electron chi connectivity index (χ4n) is 3.20. The number of carbonyl (C=O) groups excluding carboxylic acids is 2. The Hall–Kier alpha value is -2.71. The monoisotopic (exact) mass is 417 g/mol. The van der Waals surface area contributed by atoms with Crippen molar-refractivity contribution in [3.8, 4) is 5.75 Å². The Labute approximate surface area is 170 Å². The maximum absolute atomic E-state index is 13.1. The summed E-state index contributed by atoms with van der Waals surface area (Å²) in [5, 5.41) is 0. The minimum atomic E-state index is -3.94. The third-order valence-corrected chi connectivity index (χ3v) is 6.66. The van der Waals surface area contributed by atoms with Crippen molar-refractivity contribution in [2.24, 2.45) is 0 Å². The van der Waals surface area contributed by atoms with Gasteiger partial charge in [-0.25, -0.2) is 13.2 Å². The highest BCUT2D eigenvalue weighted by atomic mass is 32.2. The van der Waals surface area contributed by atoms with Gasteiger partial charge in [0, 0.05) is 20.0 Å². The van der Waals surface area contributed by atoms with Crippen LogP contribution in [0.5, 0.6) is 5.75 Å². The van der Waals surface area contributed by atoms with Crippen LogP contribution in [0.3, 0.4) is 0 Å². The van der Waals surface area contributed by atoms with E-state index < -0.39 is 22.1 Å². The van der Waals surface area contributed by atoms with Crippen molar-refractivity contribution in [2.45, 2.75) is 36.8 Å². The third kappa shape index (κ3) is 4.65. The van der Waals surface area contributed by atoms with Gasteiger partial charge >= 0.3 is 5.97 Å². The molecule has 0 saturated heterocycles. The van der Waals surface area contributed by atoms with Crippen LogP contribution in [0.25, 0.3) is 0 Å². The number of rotatable bonds is 7. The zero-order valence-corrected chi connectivity index (χ0v) is 17.1. The van der Waals surface area contributed by atoms with Crippen LogP contribution in [-0.2, 0) is 26.1 Å². The predicted octanol–water partition coefficient (Wildman–Crippen LogP) is 2.79. The first-order valence-electron chi connectivity index (χ1n) is 9.25. The molecule has 3 rings (SSSR count). The van der Waals surface area contributed by atoms with Crippen LogP contribution in [0.1, 0.15) is 35.2 Å². The first kappa shape index (κ1) is 21.0. The molecular formula is C21H23NO6S. The molecule has 29 heavy (non-hydrogen) atoms. The van der Waals surface area contributed by atoms with E-state index in [0.717, 1.165) is 5.56 Å². The lowest BCUT2D eigenvalue weighted by Gasteiger charge is -2.19. The molecule has 0 N–H and O–H groups in total. The Balaban J connectivity index is 1.87. The average Bonchev–Trinajstić information content (AvgIpc) is 3.12. The van der Waals surface area contributed by atoms with E-state index in [-0.39, 0.29) is 28.5 Å². The van der Waals surface area contributed by atoms with Crippen molar-refractivity contribution < 1.29 is 27.5 Å². The van der Waals surface area contributed by atoms with Crippen molar-refractivity contribution in [1.82, 2.24) is 4.31 Å². The molecule has 0 aromatic heterocycles. The van der Waals surface area contributed by atoms with Gasteiger partial charge in [-0.1, -0.05) is 30.3 Å². The van der Waals surface area contributed by atoms with Gasteiger partial charge in [0.25, 0.3) is 0 Å². The Morgan fingerprint density at radius 3 is 2.52 bits per heavy atom. The Kier molecular flexibility index (Phi) is 6.34. The SMILES string of the molecule is COc1ccc(C(=O)O[C@H]2CCCC2=O)cc1S(=O)(=O)N(C)Cc1ccccc1. The maximum atomic E-state index is 13.1. The first-order valence-corrected chi connectivity index (χ1v) is 10.7. The molecule has 1 saturated carbocycles. The lowest BCUT2D eigenvalue weighted by Crippen LogP contribution is -2.27. The standard InChI is InChI=1S/C21H23NO6S/c1-22(14-15-7-4-3-5-8-15)29(25,26)20-13-16(11-12-19(20)27-2)21(24)28-18-10-6-9-17(18)23/h3-5,7-8,11-13,18H,6,9-10,14H2,1-2H3/t18-/m0/s1. The van der Waals surface area contributed by atoms with Crippen LogP contribution >= 0.6 is 0 Å². The summed E-state index contributed by atoms with van der Waals surface area (Å²) in [7, 11) is -1.12. The minimum absolute atomic E-state index is 0.0530. The number of nitrogens with zero attached hydrogens (tertiary/aromatic N) is 1. The highest BCUT2D eigenvalue weighted by molar-refractivity contribution is 7.89. The van der Waals surface area contributed by atoms with Gasteiger partial charge in [-0.2, -0.15) is 4.31 Å². The largest absolute Gasteiger partial charge is 0.495 e. The molecule has 154 valence electrons. The van der Waals surface area contributed by atoms with Gasteiger partial charge in [-0.3, -0.25) is 4.79 Å². The summed E-state index contributed by atoms with van der Waals surface area (Å²) in [5.74, 6) is -0.712. The summed E-state index contributed by atoms with van der Waals surface area (Å²) >= 11 is 0. The van der Waals surface area contributed by atoms with E-state index in [9.17, 15) is 18.0 Å². The lowest BCUT2D eigenvalue weighted by atomic mass is 10.2. The fraction of sp³-hybridized carbons (Fsp3) is 0.333. The average molecular weight is 417 g/mol. The van der Waals surface area contributed by atoms with E-state index in [1.807, 2.05) is 30.3 Å². The Morgan fingerprint density at radius 1 is 1.17 bits per heavy atom. The van der Waals surface area contributed by atoms with Crippen LogP contribution in [-0.4, -0.2) is 44.7 Å². The summed E-state index contributed by atoms with van der Waals surface area (Å²) in [4.78, 5) is 24.1. The lowest BCUT2D eigenvalue weighted by molar-refractivity contribution is -0.124. The van der Waals surface area contributed by atoms with Gasteiger partial charge in [0.2, 0.25) is 10.0 Å². The topological polar surface area (TPSA) is 90.0 Å². The van der Waals surface area contributed by atoms with Gasteiger partial charge in [-0.15, -0.1) is 0 Å². The molecule has 1 aliphatic carbocycles. The summed E-state index contributed by atoms with van der Waals surface area (Å²) in [6.07, 6.45) is 0.810. The Morgan fingerprint density at radius 2 is 1.90 bits per heavy atom. The predicted molar refractivity (Wildman–Crippen MR) is 106 cm³/mol. The van der Waals surface area contributed by atoms with Gasteiger partial charge in [0.05, 0.1) is 12.7 Å². The summed E-state index contributed by atoms with van der Waals surface area (Å²) in [5.41, 5.74) is 0.880. The van der Waals surface area contributed by atoms with Gasteiger partial charge in [0.1, 0.15) is 10.6 Å². The molecule has 2 aromatic rings. The van der Waals surface area contributed by atoms with E-state index in [1.54, 1.807) is 0 Å². The van der Waals surface area contributed by atoms with Gasteiger partial charge in [0.15, 0.2) is 11.9 Å². The molecule has 1 aliphatic rings. The van der Waals surface area contributed by atoms with Crippen LogP contribution in [0.2, 0.25) is 0 Å².